The fourth-order valence-corrected chi connectivity index (χ4v) is 3.22. The van der Waals surface area contributed by atoms with E-state index in [0.717, 1.165) is 13.1 Å². The van der Waals surface area contributed by atoms with Gasteiger partial charge in [0.25, 0.3) is 0 Å². The smallest absolute Gasteiger partial charge is 0.0206 e. The third kappa shape index (κ3) is 2.93. The van der Waals surface area contributed by atoms with Crippen molar-refractivity contribution in [3.05, 3.63) is 34.9 Å². The number of benzene rings is 1. The highest BCUT2D eigenvalue weighted by Crippen LogP contribution is 2.22. The summed E-state index contributed by atoms with van der Waals surface area (Å²) in [6, 6.07) is 7.72. The van der Waals surface area contributed by atoms with E-state index in [1.165, 1.54) is 50.6 Å². The summed E-state index contributed by atoms with van der Waals surface area (Å²) < 4.78 is 0. The van der Waals surface area contributed by atoms with Gasteiger partial charge in [0.15, 0.2) is 0 Å². The molecule has 1 atom stereocenters. The molecule has 0 bridgehead atoms. The molecule has 1 unspecified atom stereocenters. The molecule has 1 aliphatic heterocycles. The van der Waals surface area contributed by atoms with Crippen LogP contribution in [0.4, 0.5) is 0 Å². The summed E-state index contributed by atoms with van der Waals surface area (Å²) in [5, 5.41) is 7.18. The Bertz CT molecular complexity index is 394. The van der Waals surface area contributed by atoms with Crippen molar-refractivity contribution in [1.29, 1.82) is 0 Å². The molecule has 1 aliphatic carbocycles. The number of rotatable bonds is 4. The molecule has 0 aromatic heterocycles. The number of fused-ring (bicyclic) bond motifs is 1. The molecule has 98 valence electrons. The number of hydrogen-bond acceptors (Lipinski definition) is 2. The summed E-state index contributed by atoms with van der Waals surface area (Å²) in [5.41, 5.74) is 4.62. The lowest BCUT2D eigenvalue weighted by Crippen LogP contribution is -2.41. The van der Waals surface area contributed by atoms with E-state index >= 15 is 0 Å². The van der Waals surface area contributed by atoms with Gasteiger partial charge in [-0.15, -0.1) is 0 Å². The van der Waals surface area contributed by atoms with Gasteiger partial charge in [0.05, 0.1) is 0 Å². The number of piperidine rings is 1. The molecule has 0 saturated carbocycles. The third-order valence-corrected chi connectivity index (χ3v) is 4.30. The van der Waals surface area contributed by atoms with Gasteiger partial charge in [0.1, 0.15) is 0 Å². The summed E-state index contributed by atoms with van der Waals surface area (Å²) in [7, 11) is 0. The molecule has 1 aromatic rings. The molecule has 0 radical (unpaired) electrons. The van der Waals surface area contributed by atoms with Gasteiger partial charge < -0.3 is 10.6 Å². The van der Waals surface area contributed by atoms with Crippen LogP contribution in [-0.2, 0) is 19.4 Å². The minimum Gasteiger partial charge on any atom is -0.313 e. The van der Waals surface area contributed by atoms with Gasteiger partial charge in [-0.1, -0.05) is 24.6 Å². The van der Waals surface area contributed by atoms with E-state index in [0.29, 0.717) is 6.04 Å². The van der Waals surface area contributed by atoms with E-state index in [1.807, 2.05) is 0 Å². The van der Waals surface area contributed by atoms with Crippen molar-refractivity contribution in [3.8, 4) is 0 Å². The van der Waals surface area contributed by atoms with E-state index in [9.17, 15) is 0 Å². The van der Waals surface area contributed by atoms with Crippen molar-refractivity contribution in [1.82, 2.24) is 10.6 Å². The van der Waals surface area contributed by atoms with Crippen LogP contribution in [0.2, 0.25) is 0 Å². The average molecular weight is 244 g/mol. The largest absolute Gasteiger partial charge is 0.313 e. The predicted molar refractivity (Wildman–Crippen MR) is 75.8 cm³/mol. The highest BCUT2D eigenvalue weighted by Gasteiger charge is 2.12. The Labute approximate surface area is 110 Å². The van der Waals surface area contributed by atoms with Crippen molar-refractivity contribution >= 4 is 0 Å². The first-order valence-corrected chi connectivity index (χ1v) is 7.46. The van der Waals surface area contributed by atoms with Gasteiger partial charge in [0.2, 0.25) is 0 Å². The summed E-state index contributed by atoms with van der Waals surface area (Å²) >= 11 is 0. The quantitative estimate of drug-likeness (QED) is 0.850. The molecule has 2 nitrogen and oxygen atoms in total. The Balaban J connectivity index is 1.48. The predicted octanol–water partition coefficient (Wildman–Crippen LogP) is 2.41. The van der Waals surface area contributed by atoms with E-state index in [2.05, 4.69) is 28.8 Å². The van der Waals surface area contributed by atoms with E-state index in [-0.39, 0.29) is 0 Å². The average Bonchev–Trinajstić information content (AvgIpc) is 2.87. The third-order valence-electron chi connectivity index (χ3n) is 4.30. The Hall–Kier alpha value is -0.860. The molecule has 2 heteroatoms. The van der Waals surface area contributed by atoms with Crippen LogP contribution in [0, 0.1) is 0 Å². The van der Waals surface area contributed by atoms with E-state index < -0.39 is 0 Å². The lowest BCUT2D eigenvalue weighted by molar-refractivity contribution is 0.383. The topological polar surface area (TPSA) is 24.1 Å². The lowest BCUT2D eigenvalue weighted by Gasteiger charge is -2.23. The summed E-state index contributed by atoms with van der Waals surface area (Å²) in [5.74, 6) is 0. The summed E-state index contributed by atoms with van der Waals surface area (Å²) in [6.07, 6.45) is 7.98. The molecule has 3 rings (SSSR count). The van der Waals surface area contributed by atoms with Gasteiger partial charge in [-0.2, -0.15) is 0 Å². The maximum Gasteiger partial charge on any atom is 0.0206 e. The second-order valence-corrected chi connectivity index (χ2v) is 5.73. The molecule has 2 N–H and O–H groups in total. The molecular weight excluding hydrogens is 220 g/mol. The van der Waals surface area contributed by atoms with Crippen LogP contribution in [0.5, 0.6) is 0 Å². The van der Waals surface area contributed by atoms with Crippen LogP contribution < -0.4 is 10.6 Å². The van der Waals surface area contributed by atoms with Crippen molar-refractivity contribution in [3.63, 3.8) is 0 Å². The first-order chi connectivity index (χ1) is 8.92. The molecular formula is C16H24N2. The second-order valence-electron chi connectivity index (χ2n) is 5.73. The molecule has 18 heavy (non-hydrogen) atoms. The Morgan fingerprint density at radius 1 is 1.11 bits per heavy atom. The van der Waals surface area contributed by atoms with Crippen molar-refractivity contribution < 1.29 is 0 Å². The van der Waals surface area contributed by atoms with Gasteiger partial charge in [-0.25, -0.2) is 0 Å². The monoisotopic (exact) mass is 244 g/mol. The SMILES string of the molecule is c1cc2c(cc1CNCC1CCCCN1)CCC2. The Morgan fingerprint density at radius 3 is 2.94 bits per heavy atom. The van der Waals surface area contributed by atoms with E-state index in [4.69, 9.17) is 0 Å². The molecule has 1 fully saturated rings. The molecule has 0 amide bonds. The van der Waals surface area contributed by atoms with Crippen LogP contribution in [-0.4, -0.2) is 19.1 Å². The van der Waals surface area contributed by atoms with Crippen molar-refractivity contribution in [2.24, 2.45) is 0 Å². The number of hydrogen-bond donors (Lipinski definition) is 2. The summed E-state index contributed by atoms with van der Waals surface area (Å²) in [4.78, 5) is 0. The van der Waals surface area contributed by atoms with Crippen LogP contribution in [0.3, 0.4) is 0 Å². The van der Waals surface area contributed by atoms with Crippen LogP contribution in [0.1, 0.15) is 42.4 Å². The zero-order chi connectivity index (χ0) is 12.2. The first-order valence-electron chi connectivity index (χ1n) is 7.46. The molecule has 1 heterocycles. The van der Waals surface area contributed by atoms with Crippen LogP contribution >= 0.6 is 0 Å². The fraction of sp³-hybridized carbons (Fsp3) is 0.625. The molecule has 2 aliphatic rings. The van der Waals surface area contributed by atoms with E-state index in [1.54, 1.807) is 11.1 Å². The molecule has 0 spiro atoms. The maximum absolute atomic E-state index is 3.60. The minimum atomic E-state index is 0.688. The van der Waals surface area contributed by atoms with Crippen LogP contribution in [0.25, 0.3) is 0 Å². The normalized spacial score (nSPS) is 23.0. The summed E-state index contributed by atoms with van der Waals surface area (Å²) in [6.45, 7) is 3.33. The standard InChI is InChI=1S/C16H24N2/c1-2-9-18-16(6-1)12-17-11-13-7-8-14-4-3-5-15(14)10-13/h7-8,10,16-18H,1-6,9,11-12H2. The Kier molecular flexibility index (Phi) is 3.96. The highest BCUT2D eigenvalue weighted by atomic mass is 15.0. The maximum atomic E-state index is 3.60. The second kappa shape index (κ2) is 5.85. The minimum absolute atomic E-state index is 0.688. The van der Waals surface area contributed by atoms with Crippen LogP contribution in [0.15, 0.2) is 18.2 Å². The van der Waals surface area contributed by atoms with Crippen molar-refractivity contribution in [2.75, 3.05) is 13.1 Å². The zero-order valence-electron chi connectivity index (χ0n) is 11.2. The zero-order valence-corrected chi connectivity index (χ0v) is 11.2. The van der Waals surface area contributed by atoms with Gasteiger partial charge in [-0.3, -0.25) is 0 Å². The lowest BCUT2D eigenvalue weighted by atomic mass is 10.0. The molecule has 1 aromatic carbocycles. The molecule has 1 saturated heterocycles. The van der Waals surface area contributed by atoms with Crippen molar-refractivity contribution in [2.45, 2.75) is 51.1 Å². The number of aryl methyl sites for hydroxylation is 2. The fourth-order valence-electron chi connectivity index (χ4n) is 3.22. The Morgan fingerprint density at radius 2 is 2.06 bits per heavy atom. The number of nitrogens with one attached hydrogen (secondary N) is 2. The van der Waals surface area contributed by atoms with Gasteiger partial charge in [0, 0.05) is 19.1 Å². The van der Waals surface area contributed by atoms with Gasteiger partial charge >= 0.3 is 0 Å². The van der Waals surface area contributed by atoms with Gasteiger partial charge in [-0.05, 0) is 55.3 Å². The highest BCUT2D eigenvalue weighted by molar-refractivity contribution is 5.35. The first kappa shape index (κ1) is 12.2.